The number of benzene rings is 1. The molecule has 2 heterocycles. The Kier molecular flexibility index (Phi) is 4.81. The molecule has 0 aliphatic carbocycles. The molecule has 1 aromatic carbocycles. The average Bonchev–Trinajstić information content (AvgIpc) is 3.19. The van der Waals surface area contributed by atoms with E-state index < -0.39 is 23.7 Å². The summed E-state index contributed by atoms with van der Waals surface area (Å²) in [6.07, 6.45) is 0. The summed E-state index contributed by atoms with van der Waals surface area (Å²) in [5.41, 5.74) is 0.626. The van der Waals surface area contributed by atoms with Crippen LogP contribution in [0, 0.1) is 19.7 Å². The van der Waals surface area contributed by atoms with E-state index in [9.17, 15) is 19.1 Å². The summed E-state index contributed by atoms with van der Waals surface area (Å²) in [5, 5.41) is 16.1. The standard InChI is InChI=1S/C19H17FN2O5/c1-9-8-14(11(3)26-9)18(23)21-10(2)17-15(19(24)25)16(22-27-17)12-4-6-13(20)7-5-12/h4-8,10H,1-3H3,(H,21,23)(H,24,25)/t10-/m1/s1. The maximum absolute atomic E-state index is 13.1. The lowest BCUT2D eigenvalue weighted by molar-refractivity contribution is 0.0692. The van der Waals surface area contributed by atoms with Gasteiger partial charge in [-0.05, 0) is 51.1 Å². The fourth-order valence-corrected chi connectivity index (χ4v) is 2.81. The molecule has 1 amide bonds. The minimum absolute atomic E-state index is 0.00644. The monoisotopic (exact) mass is 372 g/mol. The van der Waals surface area contributed by atoms with Crippen molar-refractivity contribution in [3.8, 4) is 11.3 Å². The Balaban J connectivity index is 1.92. The van der Waals surface area contributed by atoms with E-state index in [2.05, 4.69) is 10.5 Å². The number of hydrogen-bond acceptors (Lipinski definition) is 5. The number of aryl methyl sites for hydroxylation is 2. The zero-order valence-electron chi connectivity index (χ0n) is 14.9. The highest BCUT2D eigenvalue weighted by molar-refractivity contribution is 5.97. The minimum atomic E-state index is -1.26. The van der Waals surface area contributed by atoms with Crippen molar-refractivity contribution < 1.29 is 28.0 Å². The summed E-state index contributed by atoms with van der Waals surface area (Å²) in [6, 6.07) is 6.04. The minimum Gasteiger partial charge on any atom is -0.477 e. The van der Waals surface area contributed by atoms with Crippen molar-refractivity contribution in [2.45, 2.75) is 26.8 Å². The van der Waals surface area contributed by atoms with Crippen molar-refractivity contribution in [2.24, 2.45) is 0 Å². The highest BCUT2D eigenvalue weighted by Crippen LogP contribution is 2.29. The van der Waals surface area contributed by atoms with Crippen molar-refractivity contribution in [2.75, 3.05) is 0 Å². The van der Waals surface area contributed by atoms with Gasteiger partial charge in [-0.25, -0.2) is 9.18 Å². The summed E-state index contributed by atoms with van der Waals surface area (Å²) in [4.78, 5) is 24.2. The predicted molar refractivity (Wildman–Crippen MR) is 92.9 cm³/mol. The Bertz CT molecular complexity index is 1000. The van der Waals surface area contributed by atoms with Gasteiger partial charge in [0.1, 0.15) is 28.6 Å². The second kappa shape index (κ2) is 7.06. The Morgan fingerprint density at radius 1 is 1.22 bits per heavy atom. The molecule has 3 rings (SSSR count). The Morgan fingerprint density at radius 2 is 1.89 bits per heavy atom. The van der Waals surface area contributed by atoms with Gasteiger partial charge in [-0.1, -0.05) is 5.16 Å². The summed E-state index contributed by atoms with van der Waals surface area (Å²) in [6.45, 7) is 4.97. The molecule has 2 aromatic heterocycles. The molecular weight excluding hydrogens is 355 g/mol. The lowest BCUT2D eigenvalue weighted by Crippen LogP contribution is -2.27. The molecular formula is C19H17FN2O5. The van der Waals surface area contributed by atoms with Gasteiger partial charge in [0.2, 0.25) is 0 Å². The van der Waals surface area contributed by atoms with Crippen LogP contribution in [0.5, 0.6) is 0 Å². The number of carboxylic acids is 1. The number of aromatic carboxylic acids is 1. The number of nitrogens with one attached hydrogen (secondary N) is 1. The van der Waals surface area contributed by atoms with Crippen molar-refractivity contribution >= 4 is 11.9 Å². The molecule has 1 atom stereocenters. The van der Waals surface area contributed by atoms with Crippen LogP contribution in [0.3, 0.4) is 0 Å². The molecule has 27 heavy (non-hydrogen) atoms. The number of carbonyl (C=O) groups is 2. The number of nitrogens with zero attached hydrogens (tertiary/aromatic N) is 1. The van der Waals surface area contributed by atoms with Gasteiger partial charge in [0.15, 0.2) is 5.76 Å². The van der Waals surface area contributed by atoms with Gasteiger partial charge >= 0.3 is 5.97 Å². The van der Waals surface area contributed by atoms with Gasteiger partial charge < -0.3 is 19.4 Å². The van der Waals surface area contributed by atoms with Gasteiger partial charge in [-0.15, -0.1) is 0 Å². The highest BCUT2D eigenvalue weighted by atomic mass is 19.1. The van der Waals surface area contributed by atoms with Crippen LogP contribution in [0.2, 0.25) is 0 Å². The third-order valence-corrected chi connectivity index (χ3v) is 4.08. The molecule has 140 valence electrons. The van der Waals surface area contributed by atoms with E-state index >= 15 is 0 Å². The van der Waals surface area contributed by atoms with Crippen LogP contribution >= 0.6 is 0 Å². The Hall–Kier alpha value is -3.42. The van der Waals surface area contributed by atoms with E-state index in [0.29, 0.717) is 22.6 Å². The number of amides is 1. The summed E-state index contributed by atoms with van der Waals surface area (Å²) >= 11 is 0. The third kappa shape index (κ3) is 3.59. The smallest absolute Gasteiger partial charge is 0.341 e. The largest absolute Gasteiger partial charge is 0.477 e. The first kappa shape index (κ1) is 18.4. The molecule has 0 fully saturated rings. The first-order valence-corrected chi connectivity index (χ1v) is 8.14. The molecule has 0 bridgehead atoms. The lowest BCUT2D eigenvalue weighted by Gasteiger charge is -2.11. The number of halogens is 1. The number of carboxylic acid groups (broad SMARTS) is 1. The van der Waals surface area contributed by atoms with Gasteiger partial charge in [0.25, 0.3) is 5.91 Å². The number of carbonyl (C=O) groups excluding carboxylic acids is 1. The lowest BCUT2D eigenvalue weighted by atomic mass is 10.0. The van der Waals surface area contributed by atoms with Gasteiger partial charge in [0.05, 0.1) is 11.6 Å². The first-order valence-electron chi connectivity index (χ1n) is 8.14. The van der Waals surface area contributed by atoms with Crippen molar-refractivity contribution in [1.82, 2.24) is 10.5 Å². The quantitative estimate of drug-likeness (QED) is 0.704. The Labute approximate surface area is 153 Å². The van der Waals surface area contributed by atoms with Crippen molar-refractivity contribution in [1.29, 1.82) is 0 Å². The van der Waals surface area contributed by atoms with Crippen molar-refractivity contribution in [3.63, 3.8) is 0 Å². The number of rotatable bonds is 5. The van der Waals surface area contributed by atoms with E-state index in [1.807, 2.05) is 0 Å². The molecule has 0 saturated heterocycles. The van der Waals surface area contributed by atoms with Crippen LogP contribution in [0.15, 0.2) is 39.3 Å². The summed E-state index contributed by atoms with van der Waals surface area (Å²) < 4.78 is 23.7. The van der Waals surface area contributed by atoms with Crippen LogP contribution in [-0.4, -0.2) is 22.1 Å². The predicted octanol–water partition coefficient (Wildman–Crippen LogP) is 3.88. The zero-order valence-corrected chi connectivity index (χ0v) is 14.9. The topological polar surface area (TPSA) is 106 Å². The molecule has 2 N–H and O–H groups in total. The SMILES string of the molecule is Cc1cc(C(=O)N[C@H](C)c2onc(-c3ccc(F)cc3)c2C(=O)O)c(C)o1. The van der Waals surface area contributed by atoms with E-state index in [1.54, 1.807) is 26.8 Å². The molecule has 3 aromatic rings. The van der Waals surface area contributed by atoms with E-state index in [1.165, 1.54) is 24.3 Å². The molecule has 0 radical (unpaired) electrons. The second-order valence-electron chi connectivity index (χ2n) is 6.10. The molecule has 0 spiro atoms. The Morgan fingerprint density at radius 3 is 2.44 bits per heavy atom. The maximum atomic E-state index is 13.1. The number of hydrogen-bond donors (Lipinski definition) is 2. The van der Waals surface area contributed by atoms with E-state index in [-0.39, 0.29) is 17.0 Å². The fraction of sp³-hybridized carbons (Fsp3) is 0.211. The van der Waals surface area contributed by atoms with Gasteiger partial charge in [-0.2, -0.15) is 0 Å². The normalized spacial score (nSPS) is 12.0. The van der Waals surface area contributed by atoms with Crippen LogP contribution in [0.25, 0.3) is 11.3 Å². The average molecular weight is 372 g/mol. The fourth-order valence-electron chi connectivity index (χ4n) is 2.81. The van der Waals surface area contributed by atoms with E-state index in [4.69, 9.17) is 8.94 Å². The summed E-state index contributed by atoms with van der Waals surface area (Å²) in [7, 11) is 0. The third-order valence-electron chi connectivity index (χ3n) is 4.08. The first-order chi connectivity index (χ1) is 12.8. The molecule has 0 aliphatic rings. The van der Waals surface area contributed by atoms with E-state index in [0.717, 1.165) is 0 Å². The second-order valence-corrected chi connectivity index (χ2v) is 6.10. The number of furan rings is 1. The molecule has 7 nitrogen and oxygen atoms in total. The summed E-state index contributed by atoms with van der Waals surface area (Å²) in [5.74, 6) is -1.09. The van der Waals surface area contributed by atoms with Crippen LogP contribution < -0.4 is 5.32 Å². The molecule has 8 heteroatoms. The molecule has 0 aliphatic heterocycles. The zero-order chi connectivity index (χ0) is 19.7. The molecule has 0 saturated carbocycles. The van der Waals surface area contributed by atoms with Crippen LogP contribution in [-0.2, 0) is 0 Å². The number of aromatic nitrogens is 1. The van der Waals surface area contributed by atoms with Gasteiger partial charge in [0, 0.05) is 5.56 Å². The van der Waals surface area contributed by atoms with Gasteiger partial charge in [-0.3, -0.25) is 4.79 Å². The van der Waals surface area contributed by atoms with Crippen LogP contribution in [0.4, 0.5) is 4.39 Å². The van der Waals surface area contributed by atoms with Crippen LogP contribution in [0.1, 0.15) is 51.0 Å². The molecule has 0 unspecified atom stereocenters. The highest BCUT2D eigenvalue weighted by Gasteiger charge is 2.28. The maximum Gasteiger partial charge on any atom is 0.341 e. The van der Waals surface area contributed by atoms with Crippen molar-refractivity contribution in [3.05, 3.63) is 64.6 Å².